The van der Waals surface area contributed by atoms with Crippen molar-refractivity contribution in [2.45, 2.75) is 46.3 Å². The fourth-order valence-corrected chi connectivity index (χ4v) is 4.87. The van der Waals surface area contributed by atoms with Crippen LogP contribution >= 0.6 is 0 Å². The number of sulfonamides is 1. The number of rotatable bonds is 7. The van der Waals surface area contributed by atoms with Gasteiger partial charge < -0.3 is 14.8 Å². The van der Waals surface area contributed by atoms with Crippen LogP contribution in [0.2, 0.25) is 0 Å². The van der Waals surface area contributed by atoms with Gasteiger partial charge in [-0.05, 0) is 70.0 Å². The van der Waals surface area contributed by atoms with Crippen molar-refractivity contribution in [1.29, 1.82) is 0 Å². The van der Waals surface area contributed by atoms with Gasteiger partial charge in [-0.25, -0.2) is 18.1 Å². The van der Waals surface area contributed by atoms with E-state index in [2.05, 4.69) is 10.3 Å². The summed E-state index contributed by atoms with van der Waals surface area (Å²) in [7, 11) is -3.79. The summed E-state index contributed by atoms with van der Waals surface area (Å²) >= 11 is 0. The average molecular weight is 550 g/mol. The molecule has 9 nitrogen and oxygen atoms in total. The van der Waals surface area contributed by atoms with E-state index < -0.39 is 27.6 Å². The number of anilines is 1. The summed E-state index contributed by atoms with van der Waals surface area (Å²) in [6.45, 7) is 8.80. The quantitative estimate of drug-likeness (QED) is 0.305. The molecule has 0 aliphatic rings. The third-order valence-corrected chi connectivity index (χ3v) is 6.92. The van der Waals surface area contributed by atoms with Gasteiger partial charge in [0.25, 0.3) is 5.91 Å². The first kappa shape index (κ1) is 28.0. The van der Waals surface area contributed by atoms with E-state index in [0.29, 0.717) is 44.7 Å². The number of carbonyl (C=O) groups excluding carboxylic acids is 1. The zero-order chi connectivity index (χ0) is 28.7. The number of benzene rings is 2. The Labute approximate surface area is 227 Å². The summed E-state index contributed by atoms with van der Waals surface area (Å²) in [4.78, 5) is 30.2. The van der Waals surface area contributed by atoms with E-state index in [0.717, 1.165) is 11.8 Å². The van der Waals surface area contributed by atoms with Gasteiger partial charge in [0.2, 0.25) is 10.0 Å². The molecule has 0 aliphatic heterocycles. The van der Waals surface area contributed by atoms with E-state index in [4.69, 9.17) is 4.42 Å². The first-order valence-corrected chi connectivity index (χ1v) is 14.2. The molecule has 4 aromatic rings. The minimum atomic E-state index is -3.79. The van der Waals surface area contributed by atoms with Crippen molar-refractivity contribution in [3.63, 3.8) is 0 Å². The van der Waals surface area contributed by atoms with Gasteiger partial charge in [0.15, 0.2) is 11.1 Å². The van der Waals surface area contributed by atoms with Crippen LogP contribution in [0.3, 0.4) is 0 Å². The van der Waals surface area contributed by atoms with Crippen LogP contribution in [0.4, 0.5) is 5.69 Å². The van der Waals surface area contributed by atoms with Crippen molar-refractivity contribution in [3.05, 3.63) is 92.9 Å². The predicted octanol–water partition coefficient (Wildman–Crippen LogP) is 4.56. The molecule has 0 saturated carbocycles. The van der Waals surface area contributed by atoms with Gasteiger partial charge in [-0.2, -0.15) is 0 Å². The molecule has 0 saturated heterocycles. The van der Waals surface area contributed by atoms with Crippen LogP contribution in [0.15, 0.2) is 63.9 Å². The number of aryl methyl sites for hydroxylation is 1. The first-order valence-electron chi connectivity index (χ1n) is 12.3. The van der Waals surface area contributed by atoms with E-state index in [1.54, 1.807) is 51.1 Å². The second-order valence-corrected chi connectivity index (χ2v) is 12.0. The number of aromatic nitrogens is 1. The zero-order valence-corrected chi connectivity index (χ0v) is 23.4. The summed E-state index contributed by atoms with van der Waals surface area (Å²) in [5.41, 5.74) is 2.64. The number of nitrogens with zero attached hydrogens (tertiary/aromatic N) is 1. The van der Waals surface area contributed by atoms with E-state index in [1.807, 2.05) is 36.8 Å². The third-order valence-electron chi connectivity index (χ3n) is 6.36. The molecule has 0 unspecified atom stereocenters. The van der Waals surface area contributed by atoms with Gasteiger partial charge in [-0.1, -0.05) is 24.3 Å². The molecule has 2 heterocycles. The number of carbonyl (C=O) groups is 1. The fraction of sp³-hybridized carbons (Fsp3) is 0.276. The first-order chi connectivity index (χ1) is 18.2. The highest BCUT2D eigenvalue weighted by molar-refractivity contribution is 7.89. The molecule has 0 fully saturated rings. The molecule has 204 valence electrons. The minimum Gasteiger partial charge on any atom is -0.455 e. The number of fused-ring (bicyclic) bond motifs is 1. The lowest BCUT2D eigenvalue weighted by atomic mass is 9.94. The lowest BCUT2D eigenvalue weighted by Crippen LogP contribution is -2.30. The normalized spacial score (nSPS) is 12.8. The Bertz CT molecular complexity index is 1750. The van der Waals surface area contributed by atoms with Crippen molar-refractivity contribution in [2.75, 3.05) is 11.6 Å². The standard InChI is InChI=1S/C29H31N3O6S/c1-16-13-21(18(3)31-23-11-8-12-30-24(23)28(34)32-39(6,36)37)27-22(14-16)25(33)17(2)26(38-27)19-9-7-10-20(15-19)29(4,5)35/h7-15,18,31,35H,1-6H3,(H,32,34)/t18-/m1/s1. The van der Waals surface area contributed by atoms with Crippen LogP contribution in [0.1, 0.15) is 59.6 Å². The van der Waals surface area contributed by atoms with Crippen molar-refractivity contribution in [3.8, 4) is 11.3 Å². The maximum Gasteiger partial charge on any atom is 0.285 e. The number of pyridine rings is 1. The summed E-state index contributed by atoms with van der Waals surface area (Å²) in [5.74, 6) is -0.469. The highest BCUT2D eigenvalue weighted by Crippen LogP contribution is 2.33. The smallest absolute Gasteiger partial charge is 0.285 e. The molecular formula is C29H31N3O6S. The van der Waals surface area contributed by atoms with E-state index >= 15 is 0 Å². The second kappa shape index (κ2) is 10.3. The summed E-state index contributed by atoms with van der Waals surface area (Å²) in [6.07, 6.45) is 2.28. The molecule has 0 aliphatic carbocycles. The molecule has 1 amide bonds. The van der Waals surface area contributed by atoms with Gasteiger partial charge in [0, 0.05) is 22.9 Å². The maximum absolute atomic E-state index is 13.5. The van der Waals surface area contributed by atoms with Gasteiger partial charge in [0.05, 0.1) is 29.0 Å². The minimum absolute atomic E-state index is 0.0897. The van der Waals surface area contributed by atoms with Crippen LogP contribution in [0.25, 0.3) is 22.3 Å². The molecule has 39 heavy (non-hydrogen) atoms. The Kier molecular flexibility index (Phi) is 7.38. The van der Waals surface area contributed by atoms with Crippen LogP contribution in [-0.4, -0.2) is 30.7 Å². The molecule has 0 spiro atoms. The fourth-order valence-electron chi connectivity index (χ4n) is 4.44. The van der Waals surface area contributed by atoms with Gasteiger partial charge >= 0.3 is 0 Å². The highest BCUT2D eigenvalue weighted by atomic mass is 32.2. The lowest BCUT2D eigenvalue weighted by molar-refractivity contribution is 0.0786. The number of amides is 1. The molecule has 0 bridgehead atoms. The van der Waals surface area contributed by atoms with Crippen molar-refractivity contribution in [2.24, 2.45) is 0 Å². The topological polar surface area (TPSA) is 139 Å². The molecule has 1 atom stereocenters. The Morgan fingerprint density at radius 1 is 1.10 bits per heavy atom. The highest BCUT2D eigenvalue weighted by Gasteiger charge is 2.23. The molecule has 0 radical (unpaired) electrons. The maximum atomic E-state index is 13.5. The molecule has 4 rings (SSSR count). The Morgan fingerprint density at radius 3 is 2.49 bits per heavy atom. The lowest BCUT2D eigenvalue weighted by Gasteiger charge is -2.21. The average Bonchev–Trinajstić information content (AvgIpc) is 2.85. The Morgan fingerprint density at radius 2 is 1.82 bits per heavy atom. The largest absolute Gasteiger partial charge is 0.455 e. The number of nitrogens with one attached hydrogen (secondary N) is 2. The number of hydrogen-bond donors (Lipinski definition) is 3. The summed E-state index contributed by atoms with van der Waals surface area (Å²) < 4.78 is 31.6. The predicted molar refractivity (Wildman–Crippen MR) is 151 cm³/mol. The molecule has 3 N–H and O–H groups in total. The van der Waals surface area contributed by atoms with Gasteiger partial charge in [-0.3, -0.25) is 9.59 Å². The Hall–Kier alpha value is -4.02. The number of aliphatic hydroxyl groups is 1. The molecule has 2 aromatic carbocycles. The third kappa shape index (κ3) is 6.02. The van der Waals surface area contributed by atoms with Gasteiger partial charge in [0.1, 0.15) is 11.3 Å². The van der Waals surface area contributed by atoms with Crippen molar-refractivity contribution in [1.82, 2.24) is 9.71 Å². The number of hydrogen-bond acceptors (Lipinski definition) is 8. The second-order valence-electron chi connectivity index (χ2n) is 10.2. The van der Waals surface area contributed by atoms with Gasteiger partial charge in [-0.15, -0.1) is 0 Å². The van der Waals surface area contributed by atoms with Crippen LogP contribution in [0, 0.1) is 13.8 Å². The van der Waals surface area contributed by atoms with E-state index in [1.165, 1.54) is 6.20 Å². The molecule has 10 heteroatoms. The van der Waals surface area contributed by atoms with E-state index in [9.17, 15) is 23.1 Å². The van der Waals surface area contributed by atoms with Crippen LogP contribution < -0.4 is 15.5 Å². The van der Waals surface area contributed by atoms with Crippen LogP contribution in [0.5, 0.6) is 0 Å². The van der Waals surface area contributed by atoms with Crippen LogP contribution in [-0.2, 0) is 15.6 Å². The van der Waals surface area contributed by atoms with E-state index in [-0.39, 0.29) is 11.1 Å². The molecular weight excluding hydrogens is 518 g/mol. The zero-order valence-electron chi connectivity index (χ0n) is 22.6. The molecule has 2 aromatic heterocycles. The summed E-state index contributed by atoms with van der Waals surface area (Å²) in [6, 6.07) is 13.7. The van der Waals surface area contributed by atoms with Crippen molar-refractivity contribution >= 4 is 32.6 Å². The summed E-state index contributed by atoms with van der Waals surface area (Å²) in [5, 5.41) is 14.1. The monoisotopic (exact) mass is 549 g/mol. The Balaban J connectivity index is 1.84. The van der Waals surface area contributed by atoms with Crippen molar-refractivity contribution < 1.29 is 22.7 Å². The SMILES string of the molecule is Cc1cc([C@@H](C)Nc2cccnc2C(=O)NS(C)(=O)=O)c2oc(-c3cccc(C(C)(C)O)c3)c(C)c(=O)c2c1.